The van der Waals surface area contributed by atoms with Crippen molar-refractivity contribution < 1.29 is 13.2 Å². The molecule has 1 rings (SSSR count). The van der Waals surface area contributed by atoms with Crippen molar-refractivity contribution in [2.75, 3.05) is 18.1 Å². The summed E-state index contributed by atoms with van der Waals surface area (Å²) >= 11 is 0. The zero-order chi connectivity index (χ0) is 12.7. The van der Waals surface area contributed by atoms with Crippen LogP contribution in [0.1, 0.15) is 18.9 Å². The number of sulfone groups is 1. The molecule has 0 saturated heterocycles. The Hall–Kier alpha value is -1.54. The van der Waals surface area contributed by atoms with Crippen LogP contribution in [0, 0.1) is 11.3 Å². The Labute approximate surface area is 102 Å². The molecular formula is C12H15NO3S. The summed E-state index contributed by atoms with van der Waals surface area (Å²) in [5.74, 6) is 0.806. The monoisotopic (exact) mass is 253 g/mol. The Morgan fingerprint density at radius 1 is 1.24 bits per heavy atom. The second kappa shape index (κ2) is 6.26. The van der Waals surface area contributed by atoms with Gasteiger partial charge >= 0.3 is 0 Å². The Balaban J connectivity index is 2.44. The number of nitrogens with zero attached hydrogens (tertiary/aromatic N) is 1. The van der Waals surface area contributed by atoms with Crippen LogP contribution in [0.5, 0.6) is 5.75 Å². The highest BCUT2D eigenvalue weighted by Gasteiger charge is 2.09. The molecule has 1 aromatic rings. The van der Waals surface area contributed by atoms with Gasteiger partial charge in [-0.1, -0.05) is 6.92 Å². The molecule has 0 aliphatic heterocycles. The molecule has 4 nitrogen and oxygen atoms in total. The zero-order valence-corrected chi connectivity index (χ0v) is 10.5. The third-order valence-electron chi connectivity index (χ3n) is 2.16. The van der Waals surface area contributed by atoms with Crippen molar-refractivity contribution in [3.8, 4) is 11.8 Å². The zero-order valence-electron chi connectivity index (χ0n) is 9.72. The molecule has 0 aliphatic rings. The van der Waals surface area contributed by atoms with Crippen LogP contribution in [0.3, 0.4) is 0 Å². The minimum absolute atomic E-state index is 0.0286. The van der Waals surface area contributed by atoms with Gasteiger partial charge in [-0.25, -0.2) is 8.42 Å². The first-order chi connectivity index (χ1) is 8.07. The number of hydrogen-bond donors (Lipinski definition) is 0. The van der Waals surface area contributed by atoms with E-state index in [9.17, 15) is 8.42 Å². The van der Waals surface area contributed by atoms with Gasteiger partial charge in [0.25, 0.3) is 0 Å². The van der Waals surface area contributed by atoms with Gasteiger partial charge in [0.05, 0.1) is 23.1 Å². The Bertz CT molecular complexity index is 485. The van der Waals surface area contributed by atoms with Crippen molar-refractivity contribution >= 4 is 9.84 Å². The highest BCUT2D eigenvalue weighted by molar-refractivity contribution is 7.91. The maximum Gasteiger partial charge on any atom is 0.153 e. The molecule has 0 bridgehead atoms. The van der Waals surface area contributed by atoms with Gasteiger partial charge in [0, 0.05) is 0 Å². The first-order valence-electron chi connectivity index (χ1n) is 5.41. The minimum atomic E-state index is -2.99. The fourth-order valence-electron chi connectivity index (χ4n) is 1.33. The molecule has 92 valence electrons. The smallest absolute Gasteiger partial charge is 0.153 e. The number of rotatable bonds is 6. The van der Waals surface area contributed by atoms with Crippen molar-refractivity contribution in [2.45, 2.75) is 13.3 Å². The molecule has 0 fully saturated rings. The fraction of sp³-hybridized carbons (Fsp3) is 0.417. The van der Waals surface area contributed by atoms with Crippen LogP contribution in [0.15, 0.2) is 24.3 Å². The maximum atomic E-state index is 11.4. The quantitative estimate of drug-likeness (QED) is 0.774. The predicted molar refractivity (Wildman–Crippen MR) is 65.6 cm³/mol. The molecule has 0 aromatic heterocycles. The predicted octanol–water partition coefficient (Wildman–Crippen LogP) is 1.76. The Kier molecular flexibility index (Phi) is 4.98. The SMILES string of the molecule is CCCS(=O)(=O)CCOc1ccc(C#N)cc1. The van der Waals surface area contributed by atoms with Crippen LogP contribution >= 0.6 is 0 Å². The molecule has 0 saturated carbocycles. The first-order valence-corrected chi connectivity index (χ1v) is 7.23. The Morgan fingerprint density at radius 3 is 2.41 bits per heavy atom. The van der Waals surface area contributed by atoms with Gasteiger partial charge in [0.2, 0.25) is 0 Å². The number of benzene rings is 1. The van der Waals surface area contributed by atoms with Crippen LogP contribution in [-0.4, -0.2) is 26.5 Å². The van der Waals surface area contributed by atoms with E-state index in [4.69, 9.17) is 10.00 Å². The molecule has 5 heteroatoms. The topological polar surface area (TPSA) is 67.2 Å². The molecular weight excluding hydrogens is 238 g/mol. The van der Waals surface area contributed by atoms with Crippen LogP contribution in [0.25, 0.3) is 0 Å². The van der Waals surface area contributed by atoms with E-state index < -0.39 is 9.84 Å². The van der Waals surface area contributed by atoms with Gasteiger partial charge in [-0.15, -0.1) is 0 Å². The lowest BCUT2D eigenvalue weighted by Gasteiger charge is -2.06. The molecule has 17 heavy (non-hydrogen) atoms. The number of ether oxygens (including phenoxy) is 1. The lowest BCUT2D eigenvalue weighted by molar-refractivity contribution is 0.341. The van der Waals surface area contributed by atoms with Crippen LogP contribution in [0.4, 0.5) is 0 Å². The first kappa shape index (κ1) is 13.5. The molecule has 0 heterocycles. The van der Waals surface area contributed by atoms with Crippen LogP contribution in [0.2, 0.25) is 0 Å². The highest BCUT2D eigenvalue weighted by atomic mass is 32.2. The summed E-state index contributed by atoms with van der Waals surface area (Å²) in [5.41, 5.74) is 0.552. The number of nitriles is 1. The van der Waals surface area contributed by atoms with E-state index in [1.165, 1.54) is 0 Å². The lowest BCUT2D eigenvalue weighted by Crippen LogP contribution is -2.16. The number of hydrogen-bond acceptors (Lipinski definition) is 4. The summed E-state index contributed by atoms with van der Waals surface area (Å²) in [6.07, 6.45) is 0.624. The van der Waals surface area contributed by atoms with Crippen molar-refractivity contribution in [1.82, 2.24) is 0 Å². The minimum Gasteiger partial charge on any atom is -0.493 e. The third-order valence-corrected chi connectivity index (χ3v) is 3.98. The van der Waals surface area contributed by atoms with Crippen molar-refractivity contribution in [3.05, 3.63) is 29.8 Å². The van der Waals surface area contributed by atoms with E-state index in [1.807, 2.05) is 13.0 Å². The average Bonchev–Trinajstić information content (AvgIpc) is 2.29. The second-order valence-electron chi connectivity index (χ2n) is 3.64. The molecule has 0 aliphatic carbocycles. The van der Waals surface area contributed by atoms with Gasteiger partial charge in [-0.2, -0.15) is 5.26 Å². The molecule has 0 amide bonds. The van der Waals surface area contributed by atoms with Crippen molar-refractivity contribution in [1.29, 1.82) is 5.26 Å². The van der Waals surface area contributed by atoms with Crippen molar-refractivity contribution in [3.63, 3.8) is 0 Å². The molecule has 0 atom stereocenters. The van der Waals surface area contributed by atoms with Gasteiger partial charge in [-0.3, -0.25) is 0 Å². The summed E-state index contributed by atoms with van der Waals surface area (Å²) in [7, 11) is -2.99. The summed E-state index contributed by atoms with van der Waals surface area (Å²) in [6.45, 7) is 1.98. The molecule has 0 N–H and O–H groups in total. The fourth-order valence-corrected chi connectivity index (χ4v) is 2.49. The Morgan fingerprint density at radius 2 is 1.88 bits per heavy atom. The van der Waals surface area contributed by atoms with E-state index in [1.54, 1.807) is 24.3 Å². The largest absolute Gasteiger partial charge is 0.493 e. The van der Waals surface area contributed by atoms with Crippen LogP contribution < -0.4 is 4.74 Å². The second-order valence-corrected chi connectivity index (χ2v) is 5.94. The normalized spacial score (nSPS) is 10.8. The van der Waals surface area contributed by atoms with E-state index in [-0.39, 0.29) is 18.1 Å². The standard InChI is InChI=1S/C12H15NO3S/c1-2-8-17(14,15)9-7-16-12-5-3-11(10-13)4-6-12/h3-6H,2,7-9H2,1H3. The van der Waals surface area contributed by atoms with E-state index in [0.29, 0.717) is 17.7 Å². The van der Waals surface area contributed by atoms with Crippen LogP contribution in [-0.2, 0) is 9.84 Å². The van der Waals surface area contributed by atoms with Crippen molar-refractivity contribution in [2.24, 2.45) is 0 Å². The molecule has 1 aromatic carbocycles. The summed E-state index contributed by atoms with van der Waals surface area (Å²) in [4.78, 5) is 0. The summed E-state index contributed by atoms with van der Waals surface area (Å²) in [5, 5.41) is 8.60. The van der Waals surface area contributed by atoms with E-state index in [0.717, 1.165) is 0 Å². The summed E-state index contributed by atoms with van der Waals surface area (Å²) in [6, 6.07) is 8.58. The lowest BCUT2D eigenvalue weighted by atomic mass is 10.2. The van der Waals surface area contributed by atoms with E-state index >= 15 is 0 Å². The van der Waals surface area contributed by atoms with Gasteiger partial charge < -0.3 is 4.74 Å². The molecule has 0 unspecified atom stereocenters. The molecule has 0 spiro atoms. The third kappa shape index (κ3) is 4.87. The van der Waals surface area contributed by atoms with Gasteiger partial charge in [0.1, 0.15) is 12.4 Å². The maximum absolute atomic E-state index is 11.4. The van der Waals surface area contributed by atoms with E-state index in [2.05, 4.69) is 0 Å². The average molecular weight is 253 g/mol. The van der Waals surface area contributed by atoms with Gasteiger partial charge in [0.15, 0.2) is 9.84 Å². The molecule has 0 radical (unpaired) electrons. The highest BCUT2D eigenvalue weighted by Crippen LogP contribution is 2.11. The summed E-state index contributed by atoms with van der Waals surface area (Å²) < 4.78 is 28.1. The van der Waals surface area contributed by atoms with Gasteiger partial charge in [-0.05, 0) is 30.7 Å².